The molecule has 31 heavy (non-hydrogen) atoms. The summed E-state index contributed by atoms with van der Waals surface area (Å²) >= 11 is 1.53. The molecule has 6 heteroatoms. The van der Waals surface area contributed by atoms with Gasteiger partial charge in [0.05, 0.1) is 11.4 Å². The van der Waals surface area contributed by atoms with Gasteiger partial charge in [0, 0.05) is 54.9 Å². The van der Waals surface area contributed by atoms with E-state index < -0.39 is 0 Å². The van der Waals surface area contributed by atoms with Crippen LogP contribution in [0.3, 0.4) is 0 Å². The van der Waals surface area contributed by atoms with Crippen molar-refractivity contribution < 1.29 is 0 Å². The Balaban J connectivity index is 1.60. The second-order valence-electron chi connectivity index (χ2n) is 8.27. The Hall–Kier alpha value is -2.98. The summed E-state index contributed by atoms with van der Waals surface area (Å²) in [5.41, 5.74) is 6.76. The van der Waals surface area contributed by atoms with Crippen molar-refractivity contribution in [1.29, 1.82) is 5.26 Å². The van der Waals surface area contributed by atoms with Crippen LogP contribution in [0.2, 0.25) is 0 Å². The Morgan fingerprint density at radius 1 is 0.968 bits per heavy atom. The minimum Gasteiger partial charge on any atom is -0.304 e. The lowest BCUT2D eigenvalue weighted by Crippen LogP contribution is -2.44. The zero-order valence-electron chi connectivity index (χ0n) is 17.9. The lowest BCUT2D eigenvalue weighted by molar-refractivity contribution is 0.147. The molecule has 1 saturated heterocycles. The molecule has 1 fully saturated rings. The van der Waals surface area contributed by atoms with Gasteiger partial charge in [0.15, 0.2) is 0 Å². The van der Waals surface area contributed by atoms with E-state index in [0.717, 1.165) is 64.9 Å². The Morgan fingerprint density at radius 2 is 1.71 bits per heavy atom. The van der Waals surface area contributed by atoms with Gasteiger partial charge in [-0.25, -0.2) is 4.98 Å². The van der Waals surface area contributed by atoms with Gasteiger partial charge in [-0.1, -0.05) is 29.8 Å². The molecule has 5 rings (SSSR count). The van der Waals surface area contributed by atoms with Crippen molar-refractivity contribution >= 4 is 17.0 Å². The number of pyridine rings is 1. The van der Waals surface area contributed by atoms with E-state index in [4.69, 9.17) is 4.98 Å². The van der Waals surface area contributed by atoms with Crippen LogP contribution < -0.4 is 0 Å². The number of nitriles is 1. The largest absolute Gasteiger partial charge is 0.304 e. The number of benzene rings is 1. The van der Waals surface area contributed by atoms with Crippen molar-refractivity contribution in [3.05, 3.63) is 70.9 Å². The SMILES string of the molecule is Cc1ccc(-c2nc3ccc(-c4ccc(C#N)s4)cn3c2CN2CCN(C)CC2)cc1. The first-order valence-corrected chi connectivity index (χ1v) is 11.4. The van der Waals surface area contributed by atoms with E-state index in [0.29, 0.717) is 0 Å². The Kier molecular flexibility index (Phi) is 5.33. The maximum Gasteiger partial charge on any atom is 0.137 e. The van der Waals surface area contributed by atoms with Crippen LogP contribution in [0, 0.1) is 18.3 Å². The van der Waals surface area contributed by atoms with Crippen molar-refractivity contribution in [1.82, 2.24) is 19.2 Å². The average molecular weight is 428 g/mol. The smallest absolute Gasteiger partial charge is 0.137 e. The van der Waals surface area contributed by atoms with Gasteiger partial charge in [0.25, 0.3) is 0 Å². The van der Waals surface area contributed by atoms with Gasteiger partial charge in [0.1, 0.15) is 16.6 Å². The van der Waals surface area contributed by atoms with Gasteiger partial charge in [-0.15, -0.1) is 11.3 Å². The zero-order valence-corrected chi connectivity index (χ0v) is 18.7. The first-order chi connectivity index (χ1) is 15.1. The second kappa shape index (κ2) is 8.27. The molecule has 4 aromatic rings. The van der Waals surface area contributed by atoms with Crippen molar-refractivity contribution in [2.75, 3.05) is 33.2 Å². The van der Waals surface area contributed by atoms with Crippen molar-refractivity contribution in [2.45, 2.75) is 13.5 Å². The zero-order chi connectivity index (χ0) is 21.4. The summed E-state index contributed by atoms with van der Waals surface area (Å²) in [4.78, 5) is 11.8. The number of aromatic nitrogens is 2. The third-order valence-electron chi connectivity index (χ3n) is 6.01. The van der Waals surface area contributed by atoms with Crippen LogP contribution in [0.5, 0.6) is 0 Å². The fourth-order valence-corrected chi connectivity index (χ4v) is 4.90. The van der Waals surface area contributed by atoms with Crippen molar-refractivity contribution in [3.63, 3.8) is 0 Å². The molecule has 4 heterocycles. The van der Waals surface area contributed by atoms with E-state index in [2.05, 4.69) is 76.8 Å². The third-order valence-corrected chi connectivity index (χ3v) is 7.05. The van der Waals surface area contributed by atoms with E-state index in [9.17, 15) is 5.26 Å². The number of aryl methyl sites for hydroxylation is 1. The number of hydrogen-bond donors (Lipinski definition) is 0. The van der Waals surface area contributed by atoms with E-state index in [1.165, 1.54) is 22.6 Å². The minimum absolute atomic E-state index is 0.735. The van der Waals surface area contributed by atoms with Crippen LogP contribution in [-0.4, -0.2) is 52.4 Å². The highest BCUT2D eigenvalue weighted by molar-refractivity contribution is 7.16. The molecule has 0 N–H and O–H groups in total. The Bertz CT molecular complexity index is 1250. The molecule has 0 aliphatic carbocycles. The molecule has 156 valence electrons. The normalized spacial score (nSPS) is 15.4. The maximum atomic E-state index is 9.20. The Labute approximate surface area is 186 Å². The monoisotopic (exact) mass is 427 g/mol. The van der Waals surface area contributed by atoms with Crippen LogP contribution in [0.25, 0.3) is 27.3 Å². The fourth-order valence-electron chi connectivity index (χ4n) is 4.10. The van der Waals surface area contributed by atoms with Gasteiger partial charge in [-0.05, 0) is 38.2 Å². The molecule has 1 aliphatic heterocycles. The third kappa shape index (κ3) is 4.00. The van der Waals surface area contributed by atoms with Crippen LogP contribution in [-0.2, 0) is 6.54 Å². The molecule has 0 atom stereocenters. The minimum atomic E-state index is 0.735. The predicted molar refractivity (Wildman–Crippen MR) is 126 cm³/mol. The lowest BCUT2D eigenvalue weighted by atomic mass is 10.1. The highest BCUT2D eigenvalue weighted by Crippen LogP contribution is 2.31. The summed E-state index contributed by atoms with van der Waals surface area (Å²) in [6.45, 7) is 7.29. The van der Waals surface area contributed by atoms with Crippen LogP contribution in [0.15, 0.2) is 54.7 Å². The van der Waals surface area contributed by atoms with Gasteiger partial charge >= 0.3 is 0 Å². The molecule has 0 unspecified atom stereocenters. The second-order valence-corrected chi connectivity index (χ2v) is 9.36. The topological polar surface area (TPSA) is 47.6 Å². The fraction of sp³-hybridized carbons (Fsp3) is 0.280. The Morgan fingerprint density at radius 3 is 2.42 bits per heavy atom. The predicted octanol–water partition coefficient (Wildman–Crippen LogP) is 4.66. The van der Waals surface area contributed by atoms with Crippen LogP contribution >= 0.6 is 11.3 Å². The molecular formula is C25H25N5S. The van der Waals surface area contributed by atoms with Gasteiger partial charge < -0.3 is 9.30 Å². The van der Waals surface area contributed by atoms with Crippen LogP contribution in [0.1, 0.15) is 16.1 Å². The molecule has 1 aromatic carbocycles. The summed E-state index contributed by atoms with van der Waals surface area (Å²) in [6.07, 6.45) is 2.18. The first kappa shape index (κ1) is 20.0. The average Bonchev–Trinajstić information content (AvgIpc) is 3.41. The number of thiophene rings is 1. The van der Waals surface area contributed by atoms with E-state index in [1.807, 2.05) is 12.1 Å². The highest BCUT2D eigenvalue weighted by atomic mass is 32.1. The molecule has 3 aromatic heterocycles. The summed E-state index contributed by atoms with van der Waals surface area (Å²) in [5, 5.41) is 9.20. The van der Waals surface area contributed by atoms with Gasteiger partial charge in [-0.2, -0.15) is 5.26 Å². The summed E-state index contributed by atoms with van der Waals surface area (Å²) in [6, 6.07) is 19.0. The quantitative estimate of drug-likeness (QED) is 0.475. The number of fused-ring (bicyclic) bond motifs is 1. The van der Waals surface area contributed by atoms with Gasteiger partial charge in [0.2, 0.25) is 0 Å². The molecule has 5 nitrogen and oxygen atoms in total. The number of hydrogen-bond acceptors (Lipinski definition) is 5. The lowest BCUT2D eigenvalue weighted by Gasteiger charge is -2.32. The molecule has 0 saturated carbocycles. The standard InChI is InChI=1S/C25H25N5S/c1-18-3-5-19(6-4-18)25-22(17-29-13-11-28(2)12-14-29)30-16-20(7-10-24(30)27-25)23-9-8-21(15-26)31-23/h3-10,16H,11-14,17H2,1-2H3. The number of nitrogens with zero attached hydrogens (tertiary/aromatic N) is 5. The first-order valence-electron chi connectivity index (χ1n) is 10.6. The van der Waals surface area contributed by atoms with E-state index in [-0.39, 0.29) is 0 Å². The molecule has 0 spiro atoms. The van der Waals surface area contributed by atoms with Gasteiger partial charge in [-0.3, -0.25) is 4.90 Å². The maximum absolute atomic E-state index is 9.20. The number of piperazine rings is 1. The number of likely N-dealkylation sites (N-methyl/N-ethyl adjacent to an activating group) is 1. The van der Waals surface area contributed by atoms with E-state index in [1.54, 1.807) is 0 Å². The molecular weight excluding hydrogens is 402 g/mol. The summed E-state index contributed by atoms with van der Waals surface area (Å²) in [5.74, 6) is 0. The highest BCUT2D eigenvalue weighted by Gasteiger charge is 2.20. The number of rotatable bonds is 4. The van der Waals surface area contributed by atoms with Crippen LogP contribution in [0.4, 0.5) is 0 Å². The summed E-state index contributed by atoms with van der Waals surface area (Å²) in [7, 11) is 2.19. The molecule has 0 radical (unpaired) electrons. The summed E-state index contributed by atoms with van der Waals surface area (Å²) < 4.78 is 2.24. The molecule has 0 amide bonds. The molecule has 1 aliphatic rings. The van der Waals surface area contributed by atoms with Crippen molar-refractivity contribution in [3.8, 4) is 27.8 Å². The van der Waals surface area contributed by atoms with E-state index >= 15 is 0 Å². The number of imidazole rings is 1. The molecule has 0 bridgehead atoms. The van der Waals surface area contributed by atoms with Crippen molar-refractivity contribution in [2.24, 2.45) is 0 Å².